The van der Waals surface area contributed by atoms with Gasteiger partial charge < -0.3 is 23.6 Å². The van der Waals surface area contributed by atoms with Crippen molar-refractivity contribution in [3.63, 3.8) is 0 Å². The molecule has 0 saturated carbocycles. The first kappa shape index (κ1) is 21.7. The highest BCUT2D eigenvalue weighted by molar-refractivity contribution is 7.89. The van der Waals surface area contributed by atoms with Crippen LogP contribution in [0.15, 0.2) is 51.9 Å². The maximum atomic E-state index is 13.3. The average Bonchev–Trinajstić information content (AvgIpc) is 3.27. The number of nitrogens with zero attached hydrogens (tertiary/aromatic N) is 3. The van der Waals surface area contributed by atoms with Crippen molar-refractivity contribution in [2.45, 2.75) is 11.0 Å². The molecule has 2 aliphatic rings. The molecule has 33 heavy (non-hydrogen) atoms. The fourth-order valence-corrected chi connectivity index (χ4v) is 5.10. The van der Waals surface area contributed by atoms with E-state index in [0.29, 0.717) is 48.8 Å². The number of likely N-dealkylation sites (N-methyl/N-ethyl adjacent to an activating group) is 1. The van der Waals surface area contributed by atoms with E-state index in [4.69, 9.17) is 18.7 Å². The lowest BCUT2D eigenvalue weighted by Gasteiger charge is -2.29. The molecule has 2 aromatic carbocycles. The molecule has 1 amide bonds. The third kappa shape index (κ3) is 4.14. The first-order valence-electron chi connectivity index (χ1n) is 10.5. The average molecular weight is 474 g/mol. The van der Waals surface area contributed by atoms with Crippen LogP contribution in [-0.2, 0) is 14.8 Å². The predicted octanol–water partition coefficient (Wildman–Crippen LogP) is 1.76. The molecule has 1 aromatic heterocycles. The molecule has 3 aromatic rings. The fourth-order valence-electron chi connectivity index (χ4n) is 3.87. The molecule has 174 valence electrons. The topological polar surface area (TPSA) is 111 Å². The summed E-state index contributed by atoms with van der Waals surface area (Å²) in [4.78, 5) is 14.5. The molecule has 0 spiro atoms. The van der Waals surface area contributed by atoms with E-state index in [0.717, 1.165) is 0 Å². The molecular formula is C22H23N3O7S. The normalized spacial score (nSPS) is 18.6. The van der Waals surface area contributed by atoms with Gasteiger partial charge in [0.25, 0.3) is 5.91 Å². The molecule has 2 aliphatic heterocycles. The smallest absolute Gasteiger partial charge is 0.276 e. The van der Waals surface area contributed by atoms with Gasteiger partial charge in [0.1, 0.15) is 12.7 Å². The fraction of sp³-hybridized carbons (Fsp3) is 0.364. The minimum absolute atomic E-state index is 0.0360. The summed E-state index contributed by atoms with van der Waals surface area (Å²) in [6.07, 6.45) is -0.461. The van der Waals surface area contributed by atoms with Gasteiger partial charge in [-0.1, -0.05) is 17.3 Å². The Labute approximate surface area is 190 Å². The number of ether oxygens (including phenoxy) is 3. The Morgan fingerprint density at radius 1 is 1.15 bits per heavy atom. The van der Waals surface area contributed by atoms with Gasteiger partial charge in [0.15, 0.2) is 22.8 Å². The summed E-state index contributed by atoms with van der Waals surface area (Å²) in [5.41, 5.74) is 0.432. The predicted molar refractivity (Wildman–Crippen MR) is 117 cm³/mol. The number of para-hydroxylation sites is 2. The summed E-state index contributed by atoms with van der Waals surface area (Å²) >= 11 is 0. The Morgan fingerprint density at radius 3 is 2.70 bits per heavy atom. The quantitative estimate of drug-likeness (QED) is 0.551. The van der Waals surface area contributed by atoms with Crippen LogP contribution in [0.25, 0.3) is 11.0 Å². The summed E-state index contributed by atoms with van der Waals surface area (Å²) in [5, 5.41) is 4.26. The molecule has 1 atom stereocenters. The van der Waals surface area contributed by atoms with Gasteiger partial charge in [-0.25, -0.2) is 8.42 Å². The van der Waals surface area contributed by atoms with Crippen molar-refractivity contribution >= 4 is 26.9 Å². The number of fused-ring (bicyclic) bond motifs is 2. The number of amides is 1. The number of rotatable bonds is 5. The molecule has 0 radical (unpaired) electrons. The van der Waals surface area contributed by atoms with Gasteiger partial charge in [0, 0.05) is 20.1 Å². The molecule has 1 fully saturated rings. The summed E-state index contributed by atoms with van der Waals surface area (Å²) in [6.45, 7) is 2.12. The molecule has 3 heterocycles. The Balaban J connectivity index is 1.37. The zero-order valence-corrected chi connectivity index (χ0v) is 18.8. The van der Waals surface area contributed by atoms with Crippen LogP contribution in [0, 0.1) is 0 Å². The standard InChI is InChI=1S/C22H23N3O7S/c1-24(13-15-14-30-19-4-2-3-5-20(19)31-15)33(27,28)16-6-7-18-17(12-16)21(23-32-18)22(26)25-8-10-29-11-9-25/h2-7,12,15H,8-11,13-14H2,1H3/t15-/m1/s1. The SMILES string of the molecule is CN(C[C@@H]1COc2ccccc2O1)S(=O)(=O)c1ccc2onc(C(=O)N3CCOCC3)c2c1. The molecule has 10 nitrogen and oxygen atoms in total. The van der Waals surface area contributed by atoms with E-state index in [1.807, 2.05) is 12.1 Å². The number of carbonyl (C=O) groups is 1. The number of hydrogen-bond acceptors (Lipinski definition) is 8. The minimum Gasteiger partial charge on any atom is -0.486 e. The Morgan fingerprint density at radius 2 is 1.91 bits per heavy atom. The van der Waals surface area contributed by atoms with E-state index in [9.17, 15) is 13.2 Å². The van der Waals surface area contributed by atoms with E-state index in [2.05, 4.69) is 5.16 Å². The second-order valence-corrected chi connectivity index (χ2v) is 9.92. The maximum absolute atomic E-state index is 13.3. The number of aromatic nitrogens is 1. The van der Waals surface area contributed by atoms with Gasteiger partial charge in [-0.05, 0) is 30.3 Å². The molecule has 11 heteroatoms. The largest absolute Gasteiger partial charge is 0.486 e. The van der Waals surface area contributed by atoms with Crippen LogP contribution >= 0.6 is 0 Å². The van der Waals surface area contributed by atoms with Gasteiger partial charge in [-0.15, -0.1) is 0 Å². The first-order valence-corrected chi connectivity index (χ1v) is 12.0. The highest BCUT2D eigenvalue weighted by atomic mass is 32.2. The molecule has 0 N–H and O–H groups in total. The van der Waals surface area contributed by atoms with Crippen molar-refractivity contribution in [1.29, 1.82) is 0 Å². The second kappa shape index (κ2) is 8.65. The van der Waals surface area contributed by atoms with Crippen molar-refractivity contribution in [2.24, 2.45) is 0 Å². The maximum Gasteiger partial charge on any atom is 0.276 e. The first-order chi connectivity index (χ1) is 15.9. The van der Waals surface area contributed by atoms with Crippen LogP contribution in [0.4, 0.5) is 0 Å². The Bertz CT molecular complexity index is 1280. The number of benzene rings is 2. The number of morpholine rings is 1. The zero-order chi connectivity index (χ0) is 23.0. The summed E-state index contributed by atoms with van der Waals surface area (Å²) < 4.78 is 49.9. The van der Waals surface area contributed by atoms with Crippen LogP contribution in [0.2, 0.25) is 0 Å². The van der Waals surface area contributed by atoms with Crippen molar-refractivity contribution in [2.75, 3.05) is 46.5 Å². The molecule has 1 saturated heterocycles. The van der Waals surface area contributed by atoms with Gasteiger partial charge in [-0.3, -0.25) is 4.79 Å². The molecular weight excluding hydrogens is 450 g/mol. The summed E-state index contributed by atoms with van der Waals surface area (Å²) in [5.74, 6) is 0.901. The van der Waals surface area contributed by atoms with Gasteiger partial charge >= 0.3 is 0 Å². The lowest BCUT2D eigenvalue weighted by atomic mass is 10.2. The Hall–Kier alpha value is -3.15. The second-order valence-electron chi connectivity index (χ2n) is 7.88. The third-order valence-corrected chi connectivity index (χ3v) is 7.50. The van der Waals surface area contributed by atoms with E-state index in [1.165, 1.54) is 29.6 Å². The number of hydrogen-bond donors (Lipinski definition) is 0. The lowest BCUT2D eigenvalue weighted by molar-refractivity contribution is 0.0297. The highest BCUT2D eigenvalue weighted by Gasteiger charge is 2.30. The molecule has 0 aliphatic carbocycles. The number of sulfonamides is 1. The van der Waals surface area contributed by atoms with Crippen LogP contribution < -0.4 is 9.47 Å². The number of carbonyl (C=O) groups excluding carboxylic acids is 1. The molecule has 5 rings (SSSR count). The van der Waals surface area contributed by atoms with Crippen molar-refractivity contribution < 1.29 is 31.9 Å². The van der Waals surface area contributed by atoms with Gasteiger partial charge in [0.05, 0.1) is 30.0 Å². The summed E-state index contributed by atoms with van der Waals surface area (Å²) in [7, 11) is -2.39. The minimum atomic E-state index is -3.87. The van der Waals surface area contributed by atoms with Crippen LogP contribution in [0.5, 0.6) is 11.5 Å². The van der Waals surface area contributed by atoms with E-state index >= 15 is 0 Å². The van der Waals surface area contributed by atoms with Crippen molar-refractivity contribution in [1.82, 2.24) is 14.4 Å². The van der Waals surface area contributed by atoms with Crippen LogP contribution in [-0.4, -0.2) is 81.3 Å². The van der Waals surface area contributed by atoms with E-state index < -0.39 is 16.1 Å². The van der Waals surface area contributed by atoms with Crippen LogP contribution in [0.3, 0.4) is 0 Å². The molecule has 0 bridgehead atoms. The monoisotopic (exact) mass is 473 g/mol. The van der Waals surface area contributed by atoms with Gasteiger partial charge in [-0.2, -0.15) is 4.31 Å². The lowest BCUT2D eigenvalue weighted by Crippen LogP contribution is -2.41. The van der Waals surface area contributed by atoms with E-state index in [1.54, 1.807) is 17.0 Å². The third-order valence-electron chi connectivity index (χ3n) is 5.68. The van der Waals surface area contributed by atoms with Crippen LogP contribution in [0.1, 0.15) is 10.5 Å². The zero-order valence-electron chi connectivity index (χ0n) is 18.0. The van der Waals surface area contributed by atoms with Crippen molar-refractivity contribution in [3.05, 3.63) is 48.2 Å². The Kier molecular flexibility index (Phi) is 5.69. The summed E-state index contributed by atoms with van der Waals surface area (Å²) in [6, 6.07) is 11.6. The van der Waals surface area contributed by atoms with Gasteiger partial charge in [0.2, 0.25) is 10.0 Å². The van der Waals surface area contributed by atoms with E-state index in [-0.39, 0.29) is 29.6 Å². The van der Waals surface area contributed by atoms with Crippen molar-refractivity contribution in [3.8, 4) is 11.5 Å². The molecule has 0 unspecified atom stereocenters. The highest BCUT2D eigenvalue weighted by Crippen LogP contribution is 2.31.